The molecule has 1 aliphatic carbocycles. The third-order valence-electron chi connectivity index (χ3n) is 4.26. The van der Waals surface area contributed by atoms with Gasteiger partial charge in [0.2, 0.25) is 0 Å². The van der Waals surface area contributed by atoms with Gasteiger partial charge in [-0.1, -0.05) is 37.6 Å². The molecule has 2 atom stereocenters. The Morgan fingerprint density at radius 1 is 1.53 bits per heavy atom. The third kappa shape index (κ3) is 3.43. The van der Waals surface area contributed by atoms with Crippen molar-refractivity contribution in [3.05, 3.63) is 23.8 Å². The highest BCUT2D eigenvalue weighted by atomic mass is 16.3. The Morgan fingerprint density at radius 3 is 2.76 bits per heavy atom. The van der Waals surface area contributed by atoms with Gasteiger partial charge in [0.05, 0.1) is 12.7 Å². The smallest absolute Gasteiger partial charge is 0.0614 e. The van der Waals surface area contributed by atoms with Crippen LogP contribution < -0.4 is 0 Å². The molecule has 17 heavy (non-hydrogen) atoms. The molecule has 2 heteroatoms. The number of aliphatic hydroxyl groups excluding tert-OH is 2. The molecule has 1 aliphatic rings. The fraction of sp³-hybridized carbons (Fsp3) is 0.733. The summed E-state index contributed by atoms with van der Waals surface area (Å²) in [7, 11) is 0. The van der Waals surface area contributed by atoms with Crippen LogP contribution in [-0.2, 0) is 0 Å². The first-order chi connectivity index (χ1) is 7.89. The van der Waals surface area contributed by atoms with Crippen molar-refractivity contribution in [1.29, 1.82) is 0 Å². The summed E-state index contributed by atoms with van der Waals surface area (Å²) < 4.78 is 0. The fourth-order valence-corrected chi connectivity index (χ4v) is 2.83. The average Bonchev–Trinajstić information content (AvgIpc) is 2.24. The van der Waals surface area contributed by atoms with E-state index in [0.29, 0.717) is 5.92 Å². The molecule has 0 unspecified atom stereocenters. The lowest BCUT2D eigenvalue weighted by molar-refractivity contribution is -0.00881. The van der Waals surface area contributed by atoms with Gasteiger partial charge in [-0.3, -0.25) is 0 Å². The minimum Gasteiger partial charge on any atom is -0.393 e. The second-order valence-electron chi connectivity index (χ2n) is 5.86. The molecule has 0 heterocycles. The fourth-order valence-electron chi connectivity index (χ4n) is 2.83. The Balaban J connectivity index is 2.66. The summed E-state index contributed by atoms with van der Waals surface area (Å²) in [6.45, 7) is 10.6. The van der Waals surface area contributed by atoms with E-state index in [9.17, 15) is 5.11 Å². The third-order valence-corrected chi connectivity index (χ3v) is 4.26. The predicted octanol–water partition coefficient (Wildman–Crippen LogP) is 3.06. The molecule has 0 aliphatic heterocycles. The van der Waals surface area contributed by atoms with Crippen molar-refractivity contribution in [1.82, 2.24) is 0 Å². The van der Waals surface area contributed by atoms with Crippen LogP contribution >= 0.6 is 0 Å². The quantitative estimate of drug-likeness (QED) is 0.739. The summed E-state index contributed by atoms with van der Waals surface area (Å²) in [6.07, 6.45) is 5.41. The molecule has 0 aromatic rings. The maximum Gasteiger partial charge on any atom is 0.0614 e. The van der Waals surface area contributed by atoms with Crippen molar-refractivity contribution in [2.75, 3.05) is 6.61 Å². The van der Waals surface area contributed by atoms with E-state index in [-0.39, 0.29) is 18.1 Å². The molecular weight excluding hydrogens is 212 g/mol. The van der Waals surface area contributed by atoms with Crippen LogP contribution in [0.5, 0.6) is 0 Å². The molecule has 0 aromatic carbocycles. The van der Waals surface area contributed by atoms with E-state index in [0.717, 1.165) is 25.7 Å². The van der Waals surface area contributed by atoms with Crippen LogP contribution in [0.1, 0.15) is 46.5 Å². The normalized spacial score (nSPS) is 29.5. The van der Waals surface area contributed by atoms with Gasteiger partial charge in [0, 0.05) is 0 Å². The zero-order valence-electron chi connectivity index (χ0n) is 11.4. The van der Waals surface area contributed by atoms with Crippen LogP contribution in [-0.4, -0.2) is 22.9 Å². The molecule has 0 saturated heterocycles. The summed E-state index contributed by atoms with van der Waals surface area (Å²) in [5.74, 6) is 0.383. The molecule has 1 fully saturated rings. The monoisotopic (exact) mass is 238 g/mol. The Hall–Kier alpha value is -0.600. The SMILES string of the molecule is C=C1CC[C@H](O)C(C)(C)[C@@H]1CC/C(C)=C/CO. The molecule has 1 saturated carbocycles. The van der Waals surface area contributed by atoms with Crippen molar-refractivity contribution < 1.29 is 10.2 Å². The molecular formula is C15H26O2. The van der Waals surface area contributed by atoms with Crippen molar-refractivity contribution in [2.45, 2.75) is 52.6 Å². The van der Waals surface area contributed by atoms with E-state index in [2.05, 4.69) is 20.4 Å². The van der Waals surface area contributed by atoms with Gasteiger partial charge in [0.25, 0.3) is 0 Å². The number of hydrogen-bond acceptors (Lipinski definition) is 2. The van der Waals surface area contributed by atoms with Crippen LogP contribution in [0.25, 0.3) is 0 Å². The van der Waals surface area contributed by atoms with Crippen molar-refractivity contribution >= 4 is 0 Å². The largest absolute Gasteiger partial charge is 0.393 e. The molecule has 2 N–H and O–H groups in total. The highest BCUT2D eigenvalue weighted by molar-refractivity contribution is 5.13. The molecule has 1 rings (SSSR count). The van der Waals surface area contributed by atoms with Crippen LogP contribution in [0, 0.1) is 11.3 Å². The molecule has 0 bridgehead atoms. The average molecular weight is 238 g/mol. The molecule has 0 radical (unpaired) electrons. The maximum absolute atomic E-state index is 10.1. The second-order valence-corrected chi connectivity index (χ2v) is 5.86. The Morgan fingerprint density at radius 2 is 2.18 bits per heavy atom. The number of hydrogen-bond donors (Lipinski definition) is 2. The number of allylic oxidation sites excluding steroid dienone is 2. The van der Waals surface area contributed by atoms with E-state index in [4.69, 9.17) is 5.11 Å². The topological polar surface area (TPSA) is 40.5 Å². The van der Waals surface area contributed by atoms with Gasteiger partial charge in [-0.15, -0.1) is 0 Å². The number of aliphatic hydroxyl groups is 2. The minimum atomic E-state index is -0.222. The lowest BCUT2D eigenvalue weighted by Gasteiger charge is -2.44. The summed E-state index contributed by atoms with van der Waals surface area (Å²) in [5, 5.41) is 18.9. The lowest BCUT2D eigenvalue weighted by Crippen LogP contribution is -2.41. The molecule has 2 nitrogen and oxygen atoms in total. The summed E-state index contributed by atoms with van der Waals surface area (Å²) in [4.78, 5) is 0. The van der Waals surface area contributed by atoms with Gasteiger partial charge in [-0.05, 0) is 43.9 Å². The minimum absolute atomic E-state index is 0.0746. The van der Waals surface area contributed by atoms with Crippen molar-refractivity contribution in [3.8, 4) is 0 Å². The van der Waals surface area contributed by atoms with Crippen LogP contribution in [0.15, 0.2) is 23.8 Å². The Bertz CT molecular complexity index is 302. The first-order valence-electron chi connectivity index (χ1n) is 6.51. The summed E-state index contributed by atoms with van der Waals surface area (Å²) in [6, 6.07) is 0. The van der Waals surface area contributed by atoms with E-state index in [1.165, 1.54) is 11.1 Å². The standard InChI is InChI=1S/C15H26O2/c1-11(9-10-16)5-7-13-12(2)6-8-14(17)15(13,3)4/h9,13-14,16-17H,2,5-8,10H2,1,3-4H3/b11-9+/t13-,14+/m1/s1. The van der Waals surface area contributed by atoms with Crippen molar-refractivity contribution in [3.63, 3.8) is 0 Å². The van der Waals surface area contributed by atoms with Gasteiger partial charge in [0.1, 0.15) is 0 Å². The molecule has 0 aromatic heterocycles. The molecule has 0 amide bonds. The Kier molecular flexibility index (Phi) is 4.96. The van der Waals surface area contributed by atoms with Gasteiger partial charge in [-0.25, -0.2) is 0 Å². The van der Waals surface area contributed by atoms with Crippen LogP contribution in [0.4, 0.5) is 0 Å². The lowest BCUT2D eigenvalue weighted by atomic mass is 9.63. The van der Waals surface area contributed by atoms with Gasteiger partial charge >= 0.3 is 0 Å². The van der Waals surface area contributed by atoms with Crippen LogP contribution in [0.3, 0.4) is 0 Å². The number of rotatable bonds is 4. The maximum atomic E-state index is 10.1. The second kappa shape index (κ2) is 5.83. The van der Waals surface area contributed by atoms with Crippen molar-refractivity contribution in [2.24, 2.45) is 11.3 Å². The Labute approximate surface area is 105 Å². The summed E-state index contributed by atoms with van der Waals surface area (Å²) >= 11 is 0. The first-order valence-corrected chi connectivity index (χ1v) is 6.51. The first kappa shape index (κ1) is 14.5. The molecule has 0 spiro atoms. The summed E-state index contributed by atoms with van der Waals surface area (Å²) in [5.41, 5.74) is 2.42. The van der Waals surface area contributed by atoms with E-state index in [1.54, 1.807) is 0 Å². The highest BCUT2D eigenvalue weighted by Crippen LogP contribution is 2.45. The van der Waals surface area contributed by atoms with E-state index < -0.39 is 0 Å². The van der Waals surface area contributed by atoms with E-state index >= 15 is 0 Å². The van der Waals surface area contributed by atoms with Gasteiger partial charge < -0.3 is 10.2 Å². The van der Waals surface area contributed by atoms with Crippen LogP contribution in [0.2, 0.25) is 0 Å². The highest BCUT2D eigenvalue weighted by Gasteiger charge is 2.40. The van der Waals surface area contributed by atoms with Gasteiger partial charge in [-0.2, -0.15) is 0 Å². The molecule has 98 valence electrons. The zero-order valence-corrected chi connectivity index (χ0v) is 11.4. The van der Waals surface area contributed by atoms with E-state index in [1.807, 2.05) is 13.0 Å². The zero-order chi connectivity index (χ0) is 13.1. The predicted molar refractivity (Wildman–Crippen MR) is 71.7 cm³/mol. The van der Waals surface area contributed by atoms with Gasteiger partial charge in [0.15, 0.2) is 0 Å².